The monoisotopic (exact) mass is 219 g/mol. The Labute approximate surface area is 88.6 Å². The lowest BCUT2D eigenvalue weighted by Gasteiger charge is -2.22. The molecule has 6 heteroatoms. The molecule has 1 amide bonds. The standard InChI is InChI=1S/C9H17NO5/c1-9(2,3)15-8(13)10-6(14-4)5-7(11)12/h6H,5H2,1-4H3,(H,10,13)(H,11,12)/t6-/m0/s1. The molecule has 6 nitrogen and oxygen atoms in total. The summed E-state index contributed by atoms with van der Waals surface area (Å²) < 4.78 is 9.68. The zero-order valence-corrected chi connectivity index (χ0v) is 9.36. The molecule has 0 aromatic carbocycles. The van der Waals surface area contributed by atoms with Gasteiger partial charge in [0.15, 0.2) is 0 Å². The molecule has 0 spiro atoms. The summed E-state index contributed by atoms with van der Waals surface area (Å²) in [6.45, 7) is 5.14. The Bertz CT molecular complexity index is 233. The molecule has 0 radical (unpaired) electrons. The minimum Gasteiger partial charge on any atom is -0.481 e. The maximum Gasteiger partial charge on any atom is 0.409 e. The molecule has 0 unspecified atom stereocenters. The van der Waals surface area contributed by atoms with Crippen LogP contribution in [0.25, 0.3) is 0 Å². The van der Waals surface area contributed by atoms with Crippen LogP contribution in [0.4, 0.5) is 4.79 Å². The summed E-state index contributed by atoms with van der Waals surface area (Å²) in [5, 5.41) is 10.8. The molecular weight excluding hydrogens is 202 g/mol. The molecule has 1 atom stereocenters. The molecule has 0 heterocycles. The number of ether oxygens (including phenoxy) is 2. The zero-order valence-electron chi connectivity index (χ0n) is 9.36. The van der Waals surface area contributed by atoms with Gasteiger partial charge < -0.3 is 14.6 Å². The van der Waals surface area contributed by atoms with Crippen molar-refractivity contribution >= 4 is 12.1 Å². The average molecular weight is 219 g/mol. The predicted octanol–water partition coefficient (Wildman–Crippen LogP) is 0.958. The Morgan fingerprint density at radius 1 is 1.40 bits per heavy atom. The molecular formula is C9H17NO5. The number of nitrogens with one attached hydrogen (secondary N) is 1. The van der Waals surface area contributed by atoms with E-state index in [1.165, 1.54) is 7.11 Å². The Morgan fingerprint density at radius 2 is 1.93 bits per heavy atom. The van der Waals surface area contributed by atoms with Gasteiger partial charge in [0, 0.05) is 7.11 Å². The van der Waals surface area contributed by atoms with Crippen molar-refractivity contribution in [3.63, 3.8) is 0 Å². The summed E-state index contributed by atoms with van der Waals surface area (Å²) in [6.07, 6.45) is -1.89. The van der Waals surface area contributed by atoms with Crippen LogP contribution in [-0.4, -0.2) is 36.1 Å². The molecule has 15 heavy (non-hydrogen) atoms. The van der Waals surface area contributed by atoms with Crippen LogP contribution in [0.1, 0.15) is 27.2 Å². The summed E-state index contributed by atoms with van der Waals surface area (Å²) in [7, 11) is 1.31. The second-order valence-electron chi connectivity index (χ2n) is 3.97. The van der Waals surface area contributed by atoms with E-state index in [0.717, 1.165) is 0 Å². The first-order valence-electron chi connectivity index (χ1n) is 4.48. The predicted molar refractivity (Wildman–Crippen MR) is 52.4 cm³/mol. The number of alkyl carbamates (subject to hydrolysis) is 1. The van der Waals surface area contributed by atoms with E-state index in [1.807, 2.05) is 0 Å². The number of carbonyl (C=O) groups is 2. The number of hydrogen-bond donors (Lipinski definition) is 2. The van der Waals surface area contributed by atoms with Crippen molar-refractivity contribution in [2.24, 2.45) is 0 Å². The third-order valence-corrected chi connectivity index (χ3v) is 1.32. The highest BCUT2D eigenvalue weighted by molar-refractivity contribution is 5.71. The van der Waals surface area contributed by atoms with Crippen molar-refractivity contribution < 1.29 is 24.2 Å². The number of carbonyl (C=O) groups excluding carboxylic acids is 1. The van der Waals surface area contributed by atoms with Gasteiger partial charge in [0.25, 0.3) is 0 Å². The van der Waals surface area contributed by atoms with E-state index in [2.05, 4.69) is 5.32 Å². The molecule has 0 bridgehead atoms. The van der Waals surface area contributed by atoms with Gasteiger partial charge in [-0.15, -0.1) is 0 Å². The van der Waals surface area contributed by atoms with Gasteiger partial charge in [-0.25, -0.2) is 4.79 Å². The number of carboxylic acid groups (broad SMARTS) is 1. The topological polar surface area (TPSA) is 84.9 Å². The molecule has 0 rings (SSSR count). The zero-order chi connectivity index (χ0) is 12.1. The van der Waals surface area contributed by atoms with Gasteiger partial charge in [0.2, 0.25) is 0 Å². The number of methoxy groups -OCH3 is 1. The lowest BCUT2D eigenvalue weighted by Crippen LogP contribution is -2.41. The quantitative estimate of drug-likeness (QED) is 0.688. The number of carboxylic acids is 1. The van der Waals surface area contributed by atoms with Crippen LogP contribution in [0.2, 0.25) is 0 Å². The number of aliphatic carboxylic acids is 1. The van der Waals surface area contributed by atoms with E-state index >= 15 is 0 Å². The normalized spacial score (nSPS) is 13.1. The average Bonchev–Trinajstić information content (AvgIpc) is 1.98. The molecule has 0 aromatic heterocycles. The highest BCUT2D eigenvalue weighted by atomic mass is 16.6. The first-order chi connectivity index (χ1) is 6.74. The fraction of sp³-hybridized carbons (Fsp3) is 0.778. The van der Waals surface area contributed by atoms with Crippen LogP contribution >= 0.6 is 0 Å². The van der Waals surface area contributed by atoms with E-state index in [1.54, 1.807) is 20.8 Å². The van der Waals surface area contributed by atoms with Crippen molar-refractivity contribution in [2.75, 3.05) is 7.11 Å². The van der Waals surface area contributed by atoms with E-state index < -0.39 is 23.9 Å². The van der Waals surface area contributed by atoms with Gasteiger partial charge in [-0.05, 0) is 20.8 Å². The van der Waals surface area contributed by atoms with E-state index in [-0.39, 0.29) is 6.42 Å². The fourth-order valence-electron chi connectivity index (χ4n) is 0.791. The van der Waals surface area contributed by atoms with Crippen LogP contribution in [-0.2, 0) is 14.3 Å². The van der Waals surface area contributed by atoms with Crippen LogP contribution in [0.5, 0.6) is 0 Å². The largest absolute Gasteiger partial charge is 0.481 e. The lowest BCUT2D eigenvalue weighted by atomic mass is 10.2. The Morgan fingerprint density at radius 3 is 2.27 bits per heavy atom. The van der Waals surface area contributed by atoms with Gasteiger partial charge >= 0.3 is 12.1 Å². The molecule has 0 aliphatic heterocycles. The number of rotatable bonds is 4. The first-order valence-corrected chi connectivity index (χ1v) is 4.48. The first kappa shape index (κ1) is 13.7. The van der Waals surface area contributed by atoms with E-state index in [4.69, 9.17) is 14.6 Å². The van der Waals surface area contributed by atoms with Gasteiger partial charge in [0.1, 0.15) is 11.8 Å². The third-order valence-electron chi connectivity index (χ3n) is 1.32. The molecule has 0 saturated heterocycles. The van der Waals surface area contributed by atoms with Crippen molar-refractivity contribution in [1.29, 1.82) is 0 Å². The van der Waals surface area contributed by atoms with Gasteiger partial charge in [0.05, 0.1) is 6.42 Å². The molecule has 0 aliphatic carbocycles. The summed E-state index contributed by atoms with van der Waals surface area (Å²) in [5.41, 5.74) is -0.619. The van der Waals surface area contributed by atoms with Crippen LogP contribution in [0.15, 0.2) is 0 Å². The van der Waals surface area contributed by atoms with Gasteiger partial charge in [-0.2, -0.15) is 0 Å². The van der Waals surface area contributed by atoms with Crippen molar-refractivity contribution in [3.8, 4) is 0 Å². The molecule has 0 fully saturated rings. The Kier molecular flexibility index (Phi) is 5.07. The van der Waals surface area contributed by atoms with Gasteiger partial charge in [-0.1, -0.05) is 0 Å². The SMILES string of the molecule is CO[C@@H](CC(=O)O)NC(=O)OC(C)(C)C. The third kappa shape index (κ3) is 7.75. The smallest absolute Gasteiger partial charge is 0.409 e. The minimum absolute atomic E-state index is 0.310. The molecule has 0 saturated carbocycles. The highest BCUT2D eigenvalue weighted by Gasteiger charge is 2.20. The fourth-order valence-corrected chi connectivity index (χ4v) is 0.791. The number of amides is 1. The summed E-state index contributed by atoms with van der Waals surface area (Å²) in [6, 6.07) is 0. The second kappa shape index (κ2) is 5.55. The minimum atomic E-state index is -1.06. The van der Waals surface area contributed by atoms with E-state index in [9.17, 15) is 9.59 Å². The van der Waals surface area contributed by atoms with E-state index in [0.29, 0.717) is 0 Å². The molecule has 2 N–H and O–H groups in total. The van der Waals surface area contributed by atoms with Crippen molar-refractivity contribution in [2.45, 2.75) is 39.0 Å². The molecule has 0 aromatic rings. The second-order valence-corrected chi connectivity index (χ2v) is 3.97. The van der Waals surface area contributed by atoms with Gasteiger partial charge in [-0.3, -0.25) is 10.1 Å². The van der Waals surface area contributed by atoms with Crippen LogP contribution in [0, 0.1) is 0 Å². The molecule has 0 aliphatic rings. The maximum atomic E-state index is 11.2. The summed E-state index contributed by atoms with van der Waals surface area (Å²) in [5.74, 6) is -1.06. The Hall–Kier alpha value is -1.30. The van der Waals surface area contributed by atoms with Crippen LogP contribution < -0.4 is 5.32 Å². The maximum absolute atomic E-state index is 11.2. The number of hydrogen-bond acceptors (Lipinski definition) is 4. The summed E-state index contributed by atoms with van der Waals surface area (Å²) >= 11 is 0. The van der Waals surface area contributed by atoms with Crippen molar-refractivity contribution in [3.05, 3.63) is 0 Å². The van der Waals surface area contributed by atoms with Crippen LogP contribution in [0.3, 0.4) is 0 Å². The highest BCUT2D eigenvalue weighted by Crippen LogP contribution is 2.07. The molecule has 88 valence electrons. The summed E-state index contributed by atoms with van der Waals surface area (Å²) in [4.78, 5) is 21.6. The van der Waals surface area contributed by atoms with Crippen molar-refractivity contribution in [1.82, 2.24) is 5.32 Å². The lowest BCUT2D eigenvalue weighted by molar-refractivity contribution is -0.140. The Balaban J connectivity index is 4.07.